The van der Waals surface area contributed by atoms with Crippen LogP contribution in [0.5, 0.6) is 0 Å². The maximum atomic E-state index is 2.45. The number of nitrogens with zero attached hydrogens (tertiary/aromatic N) is 1. The summed E-state index contributed by atoms with van der Waals surface area (Å²) >= 11 is 3.75. The van der Waals surface area contributed by atoms with Crippen molar-refractivity contribution in [3.8, 4) is 33.4 Å². The lowest BCUT2D eigenvalue weighted by Crippen LogP contribution is -2.10. The minimum atomic E-state index is 1.11. The first-order valence-electron chi connectivity index (χ1n) is 20.1. The zero-order valence-electron chi connectivity index (χ0n) is 32.0. The molecule has 0 spiro atoms. The van der Waals surface area contributed by atoms with E-state index < -0.39 is 0 Å². The van der Waals surface area contributed by atoms with Crippen molar-refractivity contribution in [2.45, 2.75) is 0 Å². The molecule has 0 saturated heterocycles. The summed E-state index contributed by atoms with van der Waals surface area (Å²) in [6.07, 6.45) is 0. The summed E-state index contributed by atoms with van der Waals surface area (Å²) < 4.78 is 5.22. The van der Waals surface area contributed by atoms with Crippen LogP contribution >= 0.6 is 22.7 Å². The molecule has 0 fully saturated rings. The summed E-state index contributed by atoms with van der Waals surface area (Å²) in [5.74, 6) is 0. The van der Waals surface area contributed by atoms with Gasteiger partial charge in [0.25, 0.3) is 0 Å². The van der Waals surface area contributed by atoms with Gasteiger partial charge in [0.05, 0.1) is 0 Å². The van der Waals surface area contributed by atoms with Crippen LogP contribution in [0.2, 0.25) is 0 Å². The van der Waals surface area contributed by atoms with E-state index in [9.17, 15) is 0 Å². The maximum absolute atomic E-state index is 2.45. The Labute approximate surface area is 350 Å². The standard InChI is InChI=1S/C56H35NS2/c1-2-13-36(14-3-1)39-31-40(45-21-12-22-51-49-20-9-11-24-54(49)59-56(45)51)33-43(32-39)57(42-29-30-50-48-19-8-10-23-53(48)58-55(50)35-42)41-27-25-37(26-28-41)52-34-38-15-4-5-16-44(38)46-17-6-7-18-47(46)52/h1-35H. The van der Waals surface area contributed by atoms with Crippen LogP contribution in [-0.2, 0) is 0 Å². The van der Waals surface area contributed by atoms with E-state index in [1.807, 2.05) is 22.7 Å². The molecular formula is C56H35NS2. The molecule has 0 unspecified atom stereocenters. The third kappa shape index (κ3) is 5.73. The average molecular weight is 786 g/mol. The number of rotatable bonds is 6. The van der Waals surface area contributed by atoms with Crippen LogP contribution in [-0.4, -0.2) is 0 Å². The first-order chi connectivity index (χ1) is 29.2. The van der Waals surface area contributed by atoms with Crippen LogP contribution in [0.4, 0.5) is 17.1 Å². The van der Waals surface area contributed by atoms with Gasteiger partial charge in [-0.05, 0) is 116 Å². The molecule has 0 aliphatic heterocycles. The van der Waals surface area contributed by atoms with Crippen molar-refractivity contribution < 1.29 is 0 Å². The minimum absolute atomic E-state index is 1.11. The molecule has 3 heteroatoms. The van der Waals surface area contributed by atoms with E-state index in [0.717, 1.165) is 17.1 Å². The largest absolute Gasteiger partial charge is 0.310 e. The quantitative estimate of drug-likeness (QED) is 0.152. The first-order valence-corrected chi connectivity index (χ1v) is 21.7. The van der Waals surface area contributed by atoms with Crippen molar-refractivity contribution in [1.29, 1.82) is 0 Å². The molecule has 59 heavy (non-hydrogen) atoms. The molecule has 0 atom stereocenters. The van der Waals surface area contributed by atoms with Gasteiger partial charge in [-0.3, -0.25) is 0 Å². The highest BCUT2D eigenvalue weighted by Crippen LogP contribution is 2.46. The molecule has 0 bridgehead atoms. The van der Waals surface area contributed by atoms with Crippen molar-refractivity contribution in [2.75, 3.05) is 4.90 Å². The molecule has 12 aromatic rings. The lowest BCUT2D eigenvalue weighted by Gasteiger charge is -2.27. The zero-order valence-corrected chi connectivity index (χ0v) is 33.6. The Kier molecular flexibility index (Phi) is 7.97. The Hall–Kier alpha value is -7.04. The minimum Gasteiger partial charge on any atom is -0.310 e. The average Bonchev–Trinajstić information content (AvgIpc) is 3.88. The van der Waals surface area contributed by atoms with E-state index in [-0.39, 0.29) is 0 Å². The van der Waals surface area contributed by atoms with Crippen LogP contribution in [0.25, 0.3) is 95.3 Å². The SMILES string of the molecule is c1ccc(-c2cc(-c3cccc4c3sc3ccccc34)cc(N(c3ccc(-c4cc5ccccc5c5ccccc45)cc3)c3ccc4c(c3)sc3ccccc34)c2)cc1. The molecule has 0 aliphatic rings. The Morgan fingerprint density at radius 2 is 0.881 bits per heavy atom. The second kappa shape index (κ2) is 13.8. The summed E-state index contributed by atoms with van der Waals surface area (Å²) in [5, 5.41) is 10.3. The highest BCUT2D eigenvalue weighted by molar-refractivity contribution is 7.26. The summed E-state index contributed by atoms with van der Waals surface area (Å²) in [4.78, 5) is 2.45. The maximum Gasteiger partial charge on any atom is 0.0476 e. The van der Waals surface area contributed by atoms with E-state index in [4.69, 9.17) is 0 Å². The predicted octanol–water partition coefficient (Wildman–Crippen LogP) is 17.2. The Bertz CT molecular complexity index is 3560. The molecule has 0 aliphatic carbocycles. The summed E-state index contributed by atoms with van der Waals surface area (Å²) in [6.45, 7) is 0. The van der Waals surface area contributed by atoms with Crippen LogP contribution in [0.15, 0.2) is 212 Å². The number of thiophene rings is 2. The van der Waals surface area contributed by atoms with Gasteiger partial charge in [0.1, 0.15) is 0 Å². The van der Waals surface area contributed by atoms with Gasteiger partial charge in [0.2, 0.25) is 0 Å². The van der Waals surface area contributed by atoms with E-state index in [2.05, 4.69) is 217 Å². The second-order valence-electron chi connectivity index (χ2n) is 15.3. The van der Waals surface area contributed by atoms with Crippen LogP contribution in [0.3, 0.4) is 0 Å². The van der Waals surface area contributed by atoms with Crippen LogP contribution < -0.4 is 4.90 Å². The molecular weight excluding hydrogens is 751 g/mol. The molecule has 0 N–H and O–H groups in total. The predicted molar refractivity (Wildman–Crippen MR) is 258 cm³/mol. The van der Waals surface area contributed by atoms with Gasteiger partial charge < -0.3 is 4.90 Å². The Morgan fingerprint density at radius 1 is 0.271 bits per heavy atom. The molecule has 0 amide bonds. The number of hydrogen-bond acceptors (Lipinski definition) is 3. The normalized spacial score (nSPS) is 11.7. The van der Waals surface area contributed by atoms with Gasteiger partial charge >= 0.3 is 0 Å². The number of benzene rings is 10. The van der Waals surface area contributed by atoms with E-state index in [1.165, 1.54) is 95.3 Å². The molecule has 10 aromatic carbocycles. The molecule has 12 rings (SSSR count). The lowest BCUT2D eigenvalue weighted by molar-refractivity contribution is 1.29. The van der Waals surface area contributed by atoms with Crippen molar-refractivity contribution in [3.05, 3.63) is 212 Å². The summed E-state index contributed by atoms with van der Waals surface area (Å²) in [6, 6.07) is 78.3. The van der Waals surface area contributed by atoms with Crippen molar-refractivity contribution >= 4 is 102 Å². The van der Waals surface area contributed by atoms with Gasteiger partial charge in [0, 0.05) is 57.4 Å². The third-order valence-corrected chi connectivity index (χ3v) is 14.2. The smallest absolute Gasteiger partial charge is 0.0476 e. The Balaban J connectivity index is 1.08. The summed E-state index contributed by atoms with van der Waals surface area (Å²) in [7, 11) is 0. The molecule has 2 heterocycles. The first kappa shape index (κ1) is 34.0. The number of anilines is 3. The van der Waals surface area contributed by atoms with Crippen molar-refractivity contribution in [3.63, 3.8) is 0 Å². The van der Waals surface area contributed by atoms with Gasteiger partial charge in [-0.1, -0.05) is 152 Å². The van der Waals surface area contributed by atoms with Crippen LogP contribution in [0, 0.1) is 0 Å². The number of hydrogen-bond donors (Lipinski definition) is 0. The van der Waals surface area contributed by atoms with Gasteiger partial charge in [0.15, 0.2) is 0 Å². The fourth-order valence-electron chi connectivity index (χ4n) is 9.05. The van der Waals surface area contributed by atoms with E-state index in [1.54, 1.807) is 0 Å². The molecule has 2 aromatic heterocycles. The third-order valence-electron chi connectivity index (χ3n) is 11.8. The van der Waals surface area contributed by atoms with Gasteiger partial charge in [-0.15, -0.1) is 22.7 Å². The zero-order chi connectivity index (χ0) is 38.9. The van der Waals surface area contributed by atoms with E-state index in [0.29, 0.717) is 0 Å². The van der Waals surface area contributed by atoms with Crippen LogP contribution in [0.1, 0.15) is 0 Å². The Morgan fingerprint density at radius 3 is 1.69 bits per heavy atom. The lowest BCUT2D eigenvalue weighted by atomic mass is 9.93. The second-order valence-corrected chi connectivity index (χ2v) is 17.4. The topological polar surface area (TPSA) is 3.24 Å². The molecule has 0 saturated carbocycles. The van der Waals surface area contributed by atoms with Crippen molar-refractivity contribution in [1.82, 2.24) is 0 Å². The molecule has 1 nitrogen and oxygen atoms in total. The molecule has 276 valence electrons. The molecule has 0 radical (unpaired) electrons. The van der Waals surface area contributed by atoms with E-state index >= 15 is 0 Å². The highest BCUT2D eigenvalue weighted by Gasteiger charge is 2.20. The van der Waals surface area contributed by atoms with Gasteiger partial charge in [-0.2, -0.15) is 0 Å². The van der Waals surface area contributed by atoms with Crippen molar-refractivity contribution in [2.24, 2.45) is 0 Å². The fraction of sp³-hybridized carbons (Fsp3) is 0. The highest BCUT2D eigenvalue weighted by atomic mass is 32.1. The number of fused-ring (bicyclic) bond motifs is 9. The monoisotopic (exact) mass is 785 g/mol. The summed E-state index contributed by atoms with van der Waals surface area (Å²) in [5.41, 5.74) is 10.6. The fourth-order valence-corrected chi connectivity index (χ4v) is 11.4. The van der Waals surface area contributed by atoms with Gasteiger partial charge in [-0.25, -0.2) is 0 Å².